The number of para-hydroxylation sites is 1. The maximum Gasteiger partial charge on any atom is 0.122 e. The van der Waals surface area contributed by atoms with Crippen molar-refractivity contribution in [2.45, 2.75) is 33.1 Å². The summed E-state index contributed by atoms with van der Waals surface area (Å²) in [6.07, 6.45) is 3.45. The Morgan fingerprint density at radius 2 is 1.82 bits per heavy atom. The van der Waals surface area contributed by atoms with Gasteiger partial charge in [-0.15, -0.1) is 0 Å². The zero-order chi connectivity index (χ0) is 15.8. The van der Waals surface area contributed by atoms with Gasteiger partial charge in [0.1, 0.15) is 5.75 Å². The molecule has 1 aromatic carbocycles. The number of rotatable bonds is 8. The van der Waals surface area contributed by atoms with Crippen LogP contribution in [0.25, 0.3) is 0 Å². The predicted octanol–water partition coefficient (Wildman–Crippen LogP) is 3.29. The molecule has 124 valence electrons. The number of nitrogens with zero attached hydrogens (tertiary/aromatic N) is 2. The van der Waals surface area contributed by atoms with Crippen molar-refractivity contribution < 1.29 is 4.74 Å². The van der Waals surface area contributed by atoms with E-state index in [0.29, 0.717) is 5.92 Å². The Bertz CT molecular complexity index is 425. The van der Waals surface area contributed by atoms with Crippen LogP contribution in [-0.4, -0.2) is 56.2 Å². The molecule has 1 fully saturated rings. The lowest BCUT2D eigenvalue weighted by Gasteiger charge is -2.32. The summed E-state index contributed by atoms with van der Waals surface area (Å²) < 4.78 is 5.98. The SMILES string of the molecule is CC(C)CCOc1ccccc1CCCN1CCN(C)CC1. The molecular weight excluding hydrogens is 272 g/mol. The number of hydrogen-bond acceptors (Lipinski definition) is 3. The molecule has 3 heteroatoms. The van der Waals surface area contributed by atoms with Crippen molar-refractivity contribution in [2.24, 2.45) is 5.92 Å². The van der Waals surface area contributed by atoms with E-state index in [1.165, 1.54) is 44.7 Å². The van der Waals surface area contributed by atoms with E-state index in [4.69, 9.17) is 4.74 Å². The molecule has 0 N–H and O–H groups in total. The zero-order valence-corrected chi connectivity index (χ0v) is 14.6. The summed E-state index contributed by atoms with van der Waals surface area (Å²) in [6.45, 7) is 11.3. The van der Waals surface area contributed by atoms with Crippen LogP contribution in [0.2, 0.25) is 0 Å². The summed E-state index contributed by atoms with van der Waals surface area (Å²) >= 11 is 0. The van der Waals surface area contributed by atoms with Gasteiger partial charge in [-0.1, -0.05) is 32.0 Å². The van der Waals surface area contributed by atoms with Gasteiger partial charge in [-0.05, 0) is 50.4 Å². The van der Waals surface area contributed by atoms with E-state index in [-0.39, 0.29) is 0 Å². The average Bonchev–Trinajstić information content (AvgIpc) is 2.50. The molecule has 1 aromatic rings. The first-order valence-electron chi connectivity index (χ1n) is 8.77. The summed E-state index contributed by atoms with van der Waals surface area (Å²) in [7, 11) is 2.21. The highest BCUT2D eigenvalue weighted by molar-refractivity contribution is 5.33. The first kappa shape index (κ1) is 17.3. The van der Waals surface area contributed by atoms with Crippen LogP contribution in [0.3, 0.4) is 0 Å². The second kappa shape index (κ2) is 9.16. The monoisotopic (exact) mass is 304 g/mol. The number of hydrogen-bond donors (Lipinski definition) is 0. The highest BCUT2D eigenvalue weighted by Gasteiger charge is 2.13. The fraction of sp³-hybridized carbons (Fsp3) is 0.684. The van der Waals surface area contributed by atoms with Crippen LogP contribution in [0.15, 0.2) is 24.3 Å². The maximum absolute atomic E-state index is 5.98. The summed E-state index contributed by atoms with van der Waals surface area (Å²) in [6, 6.07) is 8.54. The van der Waals surface area contributed by atoms with Gasteiger partial charge in [0.25, 0.3) is 0 Å². The van der Waals surface area contributed by atoms with Crippen LogP contribution in [-0.2, 0) is 6.42 Å². The van der Waals surface area contributed by atoms with Crippen LogP contribution >= 0.6 is 0 Å². The lowest BCUT2D eigenvalue weighted by molar-refractivity contribution is 0.153. The van der Waals surface area contributed by atoms with Gasteiger partial charge in [0.05, 0.1) is 6.61 Å². The van der Waals surface area contributed by atoms with E-state index in [1.807, 2.05) is 0 Å². The molecule has 2 rings (SSSR count). The molecule has 0 atom stereocenters. The second-order valence-electron chi connectivity index (χ2n) is 6.89. The standard InChI is InChI=1S/C19H32N2O/c1-17(2)10-16-22-19-9-5-4-7-18(19)8-6-11-21-14-12-20(3)13-15-21/h4-5,7,9,17H,6,8,10-16H2,1-3H3. The number of benzene rings is 1. The largest absolute Gasteiger partial charge is 0.493 e. The van der Waals surface area contributed by atoms with Gasteiger partial charge in [-0.3, -0.25) is 0 Å². The van der Waals surface area contributed by atoms with Crippen molar-refractivity contribution in [1.82, 2.24) is 9.80 Å². The molecule has 0 spiro atoms. The van der Waals surface area contributed by atoms with E-state index in [9.17, 15) is 0 Å². The van der Waals surface area contributed by atoms with Gasteiger partial charge in [-0.2, -0.15) is 0 Å². The molecule has 0 aromatic heterocycles. The van der Waals surface area contributed by atoms with Crippen molar-refractivity contribution in [3.05, 3.63) is 29.8 Å². The maximum atomic E-state index is 5.98. The van der Waals surface area contributed by atoms with Gasteiger partial charge < -0.3 is 14.5 Å². The minimum Gasteiger partial charge on any atom is -0.493 e. The molecule has 1 aliphatic rings. The molecule has 1 heterocycles. The molecule has 3 nitrogen and oxygen atoms in total. The normalized spacial score (nSPS) is 17.1. The van der Waals surface area contributed by atoms with E-state index < -0.39 is 0 Å². The van der Waals surface area contributed by atoms with E-state index in [1.54, 1.807) is 0 Å². The summed E-state index contributed by atoms with van der Waals surface area (Å²) in [4.78, 5) is 5.00. The number of piperazine rings is 1. The van der Waals surface area contributed by atoms with Crippen molar-refractivity contribution in [1.29, 1.82) is 0 Å². The Morgan fingerprint density at radius 1 is 1.09 bits per heavy atom. The van der Waals surface area contributed by atoms with Crippen LogP contribution < -0.4 is 4.74 Å². The van der Waals surface area contributed by atoms with Crippen molar-refractivity contribution in [3.63, 3.8) is 0 Å². The van der Waals surface area contributed by atoms with Gasteiger partial charge in [0, 0.05) is 26.2 Å². The van der Waals surface area contributed by atoms with Gasteiger partial charge in [-0.25, -0.2) is 0 Å². The Hall–Kier alpha value is -1.06. The van der Waals surface area contributed by atoms with E-state index >= 15 is 0 Å². The molecule has 1 saturated heterocycles. The smallest absolute Gasteiger partial charge is 0.122 e. The number of aryl methyl sites for hydroxylation is 1. The second-order valence-corrected chi connectivity index (χ2v) is 6.89. The molecule has 0 saturated carbocycles. The van der Waals surface area contributed by atoms with Crippen molar-refractivity contribution in [3.8, 4) is 5.75 Å². The zero-order valence-electron chi connectivity index (χ0n) is 14.6. The van der Waals surface area contributed by atoms with Gasteiger partial charge >= 0.3 is 0 Å². The topological polar surface area (TPSA) is 15.7 Å². The molecule has 0 amide bonds. The highest BCUT2D eigenvalue weighted by atomic mass is 16.5. The Balaban J connectivity index is 1.74. The van der Waals surface area contributed by atoms with E-state index in [2.05, 4.69) is 55.0 Å². The molecule has 22 heavy (non-hydrogen) atoms. The average molecular weight is 304 g/mol. The van der Waals surface area contributed by atoms with Crippen LogP contribution in [0.1, 0.15) is 32.3 Å². The molecular formula is C19H32N2O. The number of ether oxygens (including phenoxy) is 1. The third-order valence-corrected chi connectivity index (χ3v) is 4.44. The molecule has 1 aliphatic heterocycles. The minimum absolute atomic E-state index is 0.699. The van der Waals surface area contributed by atoms with Crippen LogP contribution in [0, 0.1) is 5.92 Å². The lowest BCUT2D eigenvalue weighted by atomic mass is 10.1. The van der Waals surface area contributed by atoms with Gasteiger partial charge in [0.15, 0.2) is 0 Å². The quantitative estimate of drug-likeness (QED) is 0.733. The summed E-state index contributed by atoms with van der Waals surface area (Å²) in [5.41, 5.74) is 1.36. The lowest BCUT2D eigenvalue weighted by Crippen LogP contribution is -2.44. The summed E-state index contributed by atoms with van der Waals surface area (Å²) in [5, 5.41) is 0. The Morgan fingerprint density at radius 3 is 2.55 bits per heavy atom. The molecule has 0 radical (unpaired) electrons. The number of likely N-dealkylation sites (N-methyl/N-ethyl adjacent to an activating group) is 1. The minimum atomic E-state index is 0.699. The van der Waals surface area contributed by atoms with Crippen molar-refractivity contribution in [2.75, 3.05) is 46.4 Å². The van der Waals surface area contributed by atoms with Gasteiger partial charge in [0.2, 0.25) is 0 Å². The van der Waals surface area contributed by atoms with Crippen molar-refractivity contribution >= 4 is 0 Å². The Labute approximate surface area is 136 Å². The Kier molecular flexibility index (Phi) is 7.20. The first-order valence-corrected chi connectivity index (χ1v) is 8.77. The van der Waals surface area contributed by atoms with Crippen LogP contribution in [0.5, 0.6) is 5.75 Å². The fourth-order valence-electron chi connectivity index (χ4n) is 2.82. The predicted molar refractivity (Wildman–Crippen MR) is 93.7 cm³/mol. The van der Waals surface area contributed by atoms with Crippen LogP contribution in [0.4, 0.5) is 0 Å². The molecule has 0 bridgehead atoms. The summed E-state index contributed by atoms with van der Waals surface area (Å²) in [5.74, 6) is 1.78. The third-order valence-electron chi connectivity index (χ3n) is 4.44. The first-order chi connectivity index (χ1) is 10.6. The fourth-order valence-corrected chi connectivity index (χ4v) is 2.82. The molecule has 0 unspecified atom stereocenters. The third kappa shape index (κ3) is 5.98. The molecule has 0 aliphatic carbocycles. The van der Waals surface area contributed by atoms with E-state index in [0.717, 1.165) is 25.2 Å². The highest BCUT2D eigenvalue weighted by Crippen LogP contribution is 2.20.